The lowest BCUT2D eigenvalue weighted by Crippen LogP contribution is -2.45. The third-order valence-electron chi connectivity index (χ3n) is 4.09. The van der Waals surface area contributed by atoms with Gasteiger partial charge in [-0.2, -0.15) is 18.3 Å². The van der Waals surface area contributed by atoms with Crippen LogP contribution >= 0.6 is 46.6 Å². The maximum absolute atomic E-state index is 13.2. The number of Topliss-reactive ketones (excluding diaryl/α,β-unsaturated/α-hetero) is 1. The molecule has 1 heterocycles. The number of ketones is 1. The number of nitrogens with zero attached hydrogens (tertiary/aromatic N) is 3. The number of carbonyl (C=O) groups excluding carboxylic acids is 1. The zero-order valence-corrected chi connectivity index (χ0v) is 18.3. The molecule has 160 valence electrons. The highest BCUT2D eigenvalue weighted by atomic mass is 35.6. The standard InChI is InChI=1S/C17H17Cl3F3N3O2S/c1-15(2,7-10-3-5-11(6-4-10)29-17(21,22)23)13(27)12(14(28)16(18,19)20)26-9-24-8-25-26/h3-6,8-9,12,14,28H,7H2,1-2H3. The molecule has 0 spiro atoms. The number of aliphatic hydroxyl groups is 1. The number of carbonyl (C=O) groups is 1. The Labute approximate surface area is 184 Å². The van der Waals surface area contributed by atoms with E-state index < -0.39 is 32.6 Å². The minimum absolute atomic E-state index is 0.0394. The number of halogens is 6. The monoisotopic (exact) mass is 489 g/mol. The summed E-state index contributed by atoms with van der Waals surface area (Å²) in [5.74, 6) is -0.476. The lowest BCUT2D eigenvalue weighted by atomic mass is 9.78. The Hall–Kier alpha value is -1.00. The summed E-state index contributed by atoms with van der Waals surface area (Å²) in [6, 6.07) is 4.37. The molecular weight excluding hydrogens is 474 g/mol. The van der Waals surface area contributed by atoms with Crippen LogP contribution < -0.4 is 0 Å². The molecule has 0 amide bonds. The first-order valence-electron chi connectivity index (χ1n) is 8.18. The maximum Gasteiger partial charge on any atom is 0.446 e. The molecule has 0 saturated heterocycles. The molecule has 1 N–H and O–H groups in total. The van der Waals surface area contributed by atoms with Gasteiger partial charge < -0.3 is 5.11 Å². The van der Waals surface area contributed by atoms with E-state index in [1.54, 1.807) is 13.8 Å². The number of benzene rings is 1. The first-order valence-corrected chi connectivity index (χ1v) is 10.1. The first-order chi connectivity index (χ1) is 13.2. The van der Waals surface area contributed by atoms with Gasteiger partial charge in [-0.3, -0.25) is 4.79 Å². The first kappa shape index (κ1) is 24.3. The van der Waals surface area contributed by atoms with Crippen molar-refractivity contribution in [2.45, 2.75) is 46.6 Å². The van der Waals surface area contributed by atoms with Crippen LogP contribution in [0.5, 0.6) is 0 Å². The average molecular weight is 491 g/mol. The number of alkyl halides is 6. The number of aromatic nitrogens is 3. The van der Waals surface area contributed by atoms with Gasteiger partial charge in [0.1, 0.15) is 24.8 Å². The molecular formula is C17H17Cl3F3N3O2S. The quantitative estimate of drug-likeness (QED) is 0.437. The fourth-order valence-electron chi connectivity index (χ4n) is 2.75. The number of aliphatic hydroxyl groups excluding tert-OH is 1. The molecule has 2 atom stereocenters. The zero-order valence-electron chi connectivity index (χ0n) is 15.2. The van der Waals surface area contributed by atoms with Gasteiger partial charge in [0.15, 0.2) is 5.78 Å². The minimum Gasteiger partial charge on any atom is -0.386 e. The summed E-state index contributed by atoms with van der Waals surface area (Å²) in [5, 5.41) is 14.3. The molecule has 0 bridgehead atoms. The van der Waals surface area contributed by atoms with Gasteiger partial charge in [0.2, 0.25) is 3.79 Å². The highest BCUT2D eigenvalue weighted by Gasteiger charge is 2.46. The second kappa shape index (κ2) is 9.01. The van der Waals surface area contributed by atoms with E-state index in [9.17, 15) is 23.1 Å². The fourth-order valence-corrected chi connectivity index (χ4v) is 3.65. The molecule has 1 aromatic carbocycles. The second-order valence-electron chi connectivity index (χ2n) is 6.92. The largest absolute Gasteiger partial charge is 0.446 e. The Bertz CT molecular complexity index is 825. The van der Waals surface area contributed by atoms with Crippen LogP contribution in [-0.2, 0) is 11.2 Å². The smallest absolute Gasteiger partial charge is 0.386 e. The topological polar surface area (TPSA) is 68.0 Å². The maximum atomic E-state index is 13.2. The molecule has 0 radical (unpaired) electrons. The average Bonchev–Trinajstić information content (AvgIpc) is 3.08. The fraction of sp³-hybridized carbons (Fsp3) is 0.471. The Balaban J connectivity index is 2.24. The van der Waals surface area contributed by atoms with Gasteiger partial charge in [-0.1, -0.05) is 60.8 Å². The Kier molecular flexibility index (Phi) is 7.54. The van der Waals surface area contributed by atoms with E-state index in [0.29, 0.717) is 5.56 Å². The van der Waals surface area contributed by atoms with E-state index in [2.05, 4.69) is 10.1 Å². The van der Waals surface area contributed by atoms with Crippen molar-refractivity contribution in [1.82, 2.24) is 14.8 Å². The summed E-state index contributed by atoms with van der Waals surface area (Å²) in [6.45, 7) is 3.26. The lowest BCUT2D eigenvalue weighted by molar-refractivity contribution is -0.134. The van der Waals surface area contributed by atoms with E-state index in [0.717, 1.165) is 4.68 Å². The van der Waals surface area contributed by atoms with Crippen molar-refractivity contribution < 1.29 is 23.1 Å². The predicted octanol–water partition coefficient (Wildman–Crippen LogP) is 5.00. The summed E-state index contributed by atoms with van der Waals surface area (Å²) in [4.78, 5) is 17.0. The normalized spacial score (nSPS) is 15.2. The van der Waals surface area contributed by atoms with Crippen LogP contribution in [0.2, 0.25) is 0 Å². The third kappa shape index (κ3) is 6.75. The second-order valence-corrected chi connectivity index (χ2v) is 10.4. The van der Waals surface area contributed by atoms with E-state index >= 15 is 0 Å². The summed E-state index contributed by atoms with van der Waals surface area (Å²) in [5.41, 5.74) is -4.81. The summed E-state index contributed by atoms with van der Waals surface area (Å²) >= 11 is 17.2. The summed E-state index contributed by atoms with van der Waals surface area (Å²) in [6.07, 6.45) is 0.878. The van der Waals surface area contributed by atoms with Gasteiger partial charge in [-0.15, -0.1) is 0 Å². The lowest BCUT2D eigenvalue weighted by Gasteiger charge is -2.33. The minimum atomic E-state index is -4.38. The Morgan fingerprint density at radius 1 is 1.21 bits per heavy atom. The van der Waals surface area contributed by atoms with Crippen LogP contribution in [-0.4, -0.2) is 41.1 Å². The molecule has 1 aromatic heterocycles. The summed E-state index contributed by atoms with van der Waals surface area (Å²) in [7, 11) is 0. The molecule has 12 heteroatoms. The molecule has 5 nitrogen and oxygen atoms in total. The highest BCUT2D eigenvalue weighted by Crippen LogP contribution is 2.40. The number of hydrogen-bond acceptors (Lipinski definition) is 5. The van der Waals surface area contributed by atoms with Crippen molar-refractivity contribution in [2.24, 2.45) is 5.41 Å². The van der Waals surface area contributed by atoms with E-state index in [1.165, 1.54) is 36.9 Å². The molecule has 0 aliphatic carbocycles. The van der Waals surface area contributed by atoms with Gasteiger partial charge in [0.25, 0.3) is 0 Å². The highest BCUT2D eigenvalue weighted by molar-refractivity contribution is 8.00. The van der Waals surface area contributed by atoms with Crippen molar-refractivity contribution in [2.75, 3.05) is 0 Å². The van der Waals surface area contributed by atoms with E-state index in [-0.39, 0.29) is 23.1 Å². The number of thioether (sulfide) groups is 1. The van der Waals surface area contributed by atoms with Gasteiger partial charge in [-0.25, -0.2) is 9.67 Å². The molecule has 2 unspecified atom stereocenters. The van der Waals surface area contributed by atoms with Gasteiger partial charge in [0.05, 0.1) is 0 Å². The van der Waals surface area contributed by atoms with Crippen LogP contribution in [0, 0.1) is 5.41 Å². The van der Waals surface area contributed by atoms with Crippen molar-refractivity contribution in [1.29, 1.82) is 0 Å². The van der Waals surface area contributed by atoms with Crippen LogP contribution in [0.25, 0.3) is 0 Å². The van der Waals surface area contributed by atoms with Gasteiger partial charge in [-0.05, 0) is 35.9 Å². The zero-order chi connectivity index (χ0) is 22.0. The van der Waals surface area contributed by atoms with Crippen LogP contribution in [0.3, 0.4) is 0 Å². The molecule has 29 heavy (non-hydrogen) atoms. The SMILES string of the molecule is CC(C)(Cc1ccc(SC(F)(F)F)cc1)C(=O)C(C(O)C(Cl)(Cl)Cl)n1cncn1. The summed E-state index contributed by atoms with van der Waals surface area (Å²) < 4.78 is 36.3. The van der Waals surface area contributed by atoms with Crippen LogP contribution in [0.1, 0.15) is 25.5 Å². The van der Waals surface area contributed by atoms with Crippen LogP contribution in [0.4, 0.5) is 13.2 Å². The Morgan fingerprint density at radius 3 is 2.24 bits per heavy atom. The van der Waals surface area contributed by atoms with E-state index in [4.69, 9.17) is 34.8 Å². The third-order valence-corrected chi connectivity index (χ3v) is 5.50. The van der Waals surface area contributed by atoms with Gasteiger partial charge >= 0.3 is 5.51 Å². The molecule has 0 saturated carbocycles. The van der Waals surface area contributed by atoms with Crippen molar-refractivity contribution in [3.63, 3.8) is 0 Å². The number of hydrogen-bond donors (Lipinski definition) is 1. The van der Waals surface area contributed by atoms with Crippen molar-refractivity contribution in [3.8, 4) is 0 Å². The Morgan fingerprint density at radius 2 is 1.79 bits per heavy atom. The predicted molar refractivity (Wildman–Crippen MR) is 106 cm³/mol. The number of rotatable bonds is 7. The molecule has 2 rings (SSSR count). The molecule has 2 aromatic rings. The molecule has 0 fully saturated rings. The van der Waals surface area contributed by atoms with Crippen molar-refractivity contribution in [3.05, 3.63) is 42.5 Å². The van der Waals surface area contributed by atoms with E-state index in [1.807, 2.05) is 0 Å². The van der Waals surface area contributed by atoms with Gasteiger partial charge in [0, 0.05) is 10.3 Å². The van der Waals surface area contributed by atoms with Crippen molar-refractivity contribution >= 4 is 52.3 Å². The van der Waals surface area contributed by atoms with Crippen LogP contribution in [0.15, 0.2) is 41.8 Å². The molecule has 0 aliphatic heterocycles. The molecule has 0 aliphatic rings.